The highest BCUT2D eigenvalue weighted by atomic mass is 16.5. The molecule has 1 atom stereocenters. The Labute approximate surface area is 142 Å². The second-order valence-electron chi connectivity index (χ2n) is 5.63. The summed E-state index contributed by atoms with van der Waals surface area (Å²) in [7, 11) is 4.86. The first-order valence-electron chi connectivity index (χ1n) is 7.67. The molecule has 0 radical (unpaired) electrons. The molecular weight excluding hydrogens is 308 g/mol. The van der Waals surface area contributed by atoms with Gasteiger partial charge in [-0.15, -0.1) is 0 Å². The third kappa shape index (κ3) is 3.23. The lowest BCUT2D eigenvalue weighted by molar-refractivity contribution is 0.0999. The van der Waals surface area contributed by atoms with E-state index in [1.165, 1.54) is 0 Å². The number of ether oxygens (including phenoxy) is 3. The summed E-state index contributed by atoms with van der Waals surface area (Å²) in [6.45, 7) is 4.42. The number of carbonyl (C=O) groups is 1. The fourth-order valence-corrected chi connectivity index (χ4v) is 2.97. The summed E-state index contributed by atoms with van der Waals surface area (Å²) in [5, 5.41) is 0. The van der Waals surface area contributed by atoms with Crippen molar-refractivity contribution in [1.29, 1.82) is 0 Å². The molecule has 1 amide bonds. The van der Waals surface area contributed by atoms with Gasteiger partial charge in [-0.1, -0.05) is 0 Å². The van der Waals surface area contributed by atoms with Crippen LogP contribution in [-0.2, 0) is 4.74 Å². The number of carbonyl (C=O) groups excluding carboxylic acids is 1. The Balaban J connectivity index is 2.69. The average molecular weight is 332 g/mol. The molecule has 0 aliphatic carbocycles. The second kappa shape index (κ2) is 7.40. The predicted octanol–water partition coefficient (Wildman–Crippen LogP) is 2.79. The maximum absolute atomic E-state index is 11.8. The molecule has 0 saturated heterocycles. The summed E-state index contributed by atoms with van der Waals surface area (Å²) in [5.74, 6) is 0.906. The molecule has 0 bridgehead atoms. The van der Waals surface area contributed by atoms with E-state index < -0.39 is 5.91 Å². The van der Waals surface area contributed by atoms with Crippen LogP contribution < -0.4 is 15.2 Å². The number of amides is 1. The lowest BCUT2D eigenvalue weighted by Crippen LogP contribution is -2.16. The molecule has 24 heavy (non-hydrogen) atoms. The van der Waals surface area contributed by atoms with Gasteiger partial charge in [-0.2, -0.15) is 0 Å². The van der Waals surface area contributed by atoms with E-state index in [1.54, 1.807) is 27.4 Å². The zero-order valence-corrected chi connectivity index (χ0v) is 14.8. The van der Waals surface area contributed by atoms with Crippen LogP contribution >= 0.6 is 0 Å². The van der Waals surface area contributed by atoms with E-state index in [1.807, 2.05) is 36.6 Å². The Morgan fingerprint density at radius 2 is 1.92 bits per heavy atom. The predicted molar refractivity (Wildman–Crippen MR) is 92.8 cm³/mol. The van der Waals surface area contributed by atoms with Crippen LogP contribution in [0.5, 0.6) is 11.5 Å². The van der Waals surface area contributed by atoms with Crippen LogP contribution in [-0.4, -0.2) is 38.4 Å². The van der Waals surface area contributed by atoms with E-state index in [9.17, 15) is 4.79 Å². The Morgan fingerprint density at radius 3 is 2.46 bits per heavy atom. The Kier molecular flexibility index (Phi) is 5.51. The van der Waals surface area contributed by atoms with E-state index in [2.05, 4.69) is 0 Å². The number of rotatable bonds is 7. The number of hydrogen-bond donors (Lipinski definition) is 1. The molecule has 1 unspecified atom stereocenters. The lowest BCUT2D eigenvalue weighted by Gasteiger charge is -2.20. The van der Waals surface area contributed by atoms with Crippen molar-refractivity contribution >= 4 is 5.91 Å². The lowest BCUT2D eigenvalue weighted by atomic mass is 10.1. The van der Waals surface area contributed by atoms with Crippen LogP contribution in [0.1, 0.15) is 29.0 Å². The number of nitrogens with zero attached hydrogens (tertiary/aromatic N) is 1. The Hall–Kier alpha value is -2.47. The minimum Gasteiger partial charge on any atom is -0.497 e. The third-order valence-corrected chi connectivity index (χ3v) is 4.09. The van der Waals surface area contributed by atoms with Crippen molar-refractivity contribution < 1.29 is 19.0 Å². The van der Waals surface area contributed by atoms with Gasteiger partial charge in [0.25, 0.3) is 5.91 Å². The molecule has 2 N–H and O–H groups in total. The van der Waals surface area contributed by atoms with Crippen molar-refractivity contribution in [3.8, 4) is 22.8 Å². The minimum atomic E-state index is -0.454. The molecule has 0 aliphatic heterocycles. The van der Waals surface area contributed by atoms with Crippen molar-refractivity contribution in [3.05, 3.63) is 35.5 Å². The van der Waals surface area contributed by atoms with E-state index >= 15 is 0 Å². The molecule has 0 spiro atoms. The smallest absolute Gasteiger partial charge is 0.250 e. The summed E-state index contributed by atoms with van der Waals surface area (Å²) >= 11 is 0. The number of aromatic nitrogens is 1. The molecule has 6 nitrogen and oxygen atoms in total. The highest BCUT2D eigenvalue weighted by molar-refractivity contribution is 5.96. The van der Waals surface area contributed by atoms with Gasteiger partial charge in [0, 0.05) is 24.4 Å². The highest BCUT2D eigenvalue weighted by Crippen LogP contribution is 2.37. The van der Waals surface area contributed by atoms with Crippen molar-refractivity contribution in [1.82, 2.24) is 4.57 Å². The van der Waals surface area contributed by atoms with Crippen molar-refractivity contribution in [2.45, 2.75) is 19.9 Å². The highest BCUT2D eigenvalue weighted by Gasteiger charge is 2.22. The SMILES string of the molecule is COCC(C)n1c(-c2ccc(OC)cc2OC)cc(C(N)=O)c1C. The molecule has 6 heteroatoms. The minimum absolute atomic E-state index is 0.0323. The normalized spacial score (nSPS) is 12.0. The number of nitrogens with two attached hydrogens (primary N) is 1. The van der Waals surface area contributed by atoms with Crippen molar-refractivity contribution in [2.75, 3.05) is 27.9 Å². The van der Waals surface area contributed by atoms with Crippen LogP contribution in [0, 0.1) is 6.92 Å². The van der Waals surface area contributed by atoms with E-state index in [0.29, 0.717) is 23.7 Å². The first kappa shape index (κ1) is 17.9. The largest absolute Gasteiger partial charge is 0.497 e. The van der Waals surface area contributed by atoms with Gasteiger partial charge >= 0.3 is 0 Å². The first-order valence-corrected chi connectivity index (χ1v) is 7.67. The Morgan fingerprint density at radius 1 is 1.21 bits per heavy atom. The van der Waals surface area contributed by atoms with Crippen molar-refractivity contribution in [3.63, 3.8) is 0 Å². The molecule has 130 valence electrons. The second-order valence-corrected chi connectivity index (χ2v) is 5.63. The maximum Gasteiger partial charge on any atom is 0.250 e. The number of methoxy groups -OCH3 is 3. The Bertz CT molecular complexity index is 737. The van der Waals surface area contributed by atoms with Crippen LogP contribution in [0.3, 0.4) is 0 Å². The zero-order valence-electron chi connectivity index (χ0n) is 14.8. The molecule has 0 aliphatic rings. The maximum atomic E-state index is 11.8. The monoisotopic (exact) mass is 332 g/mol. The van der Waals surface area contributed by atoms with E-state index in [-0.39, 0.29) is 6.04 Å². The number of benzene rings is 1. The van der Waals surface area contributed by atoms with Crippen LogP contribution in [0.15, 0.2) is 24.3 Å². The van der Waals surface area contributed by atoms with Gasteiger partial charge in [0.05, 0.1) is 38.1 Å². The molecule has 1 aromatic heterocycles. The van der Waals surface area contributed by atoms with Crippen LogP contribution in [0.2, 0.25) is 0 Å². The molecule has 0 saturated carbocycles. The summed E-state index contributed by atoms with van der Waals surface area (Å²) in [6.07, 6.45) is 0. The molecule has 2 rings (SSSR count). The van der Waals surface area contributed by atoms with E-state index in [0.717, 1.165) is 17.0 Å². The number of primary amides is 1. The zero-order chi connectivity index (χ0) is 17.9. The van der Waals surface area contributed by atoms with E-state index in [4.69, 9.17) is 19.9 Å². The summed E-state index contributed by atoms with van der Waals surface area (Å²) < 4.78 is 18.1. The van der Waals surface area contributed by atoms with Crippen LogP contribution in [0.4, 0.5) is 0 Å². The van der Waals surface area contributed by atoms with Gasteiger partial charge in [-0.25, -0.2) is 0 Å². The molecule has 1 heterocycles. The van der Waals surface area contributed by atoms with Gasteiger partial charge < -0.3 is 24.5 Å². The van der Waals surface area contributed by atoms with Gasteiger partial charge in [0.1, 0.15) is 11.5 Å². The fourth-order valence-electron chi connectivity index (χ4n) is 2.97. The van der Waals surface area contributed by atoms with Crippen molar-refractivity contribution in [2.24, 2.45) is 5.73 Å². The molecule has 1 aromatic carbocycles. The van der Waals surface area contributed by atoms with Crippen LogP contribution in [0.25, 0.3) is 11.3 Å². The quantitative estimate of drug-likeness (QED) is 0.846. The van der Waals surface area contributed by atoms with Gasteiger partial charge in [-0.05, 0) is 32.0 Å². The molecule has 0 fully saturated rings. The summed E-state index contributed by atoms with van der Waals surface area (Å²) in [4.78, 5) is 11.8. The number of hydrogen-bond acceptors (Lipinski definition) is 4. The first-order chi connectivity index (χ1) is 11.4. The van der Waals surface area contributed by atoms with Gasteiger partial charge in [0.2, 0.25) is 0 Å². The summed E-state index contributed by atoms with van der Waals surface area (Å²) in [5.41, 5.74) is 8.54. The molecular formula is C18H24N2O4. The van der Waals surface area contributed by atoms with Gasteiger partial charge in [-0.3, -0.25) is 4.79 Å². The standard InChI is InChI=1S/C18H24N2O4/c1-11(10-22-3)20-12(2)15(18(19)21)9-16(20)14-7-6-13(23-4)8-17(14)24-5/h6-9,11H,10H2,1-5H3,(H2,19,21). The fraction of sp³-hybridized carbons (Fsp3) is 0.389. The average Bonchev–Trinajstić information content (AvgIpc) is 2.91. The summed E-state index contributed by atoms with van der Waals surface area (Å²) in [6, 6.07) is 7.41. The topological polar surface area (TPSA) is 75.7 Å². The third-order valence-electron chi connectivity index (χ3n) is 4.09. The van der Waals surface area contributed by atoms with Gasteiger partial charge in [0.15, 0.2) is 0 Å². The molecule has 2 aromatic rings.